The molecule has 28 heavy (non-hydrogen) atoms. The number of nitrogens with zero attached hydrogens (tertiary/aromatic N) is 2. The van der Waals surface area contributed by atoms with E-state index in [4.69, 9.17) is 16.0 Å². The highest BCUT2D eigenvalue weighted by molar-refractivity contribution is 7.22. The van der Waals surface area contributed by atoms with Crippen LogP contribution in [0.4, 0.5) is 5.13 Å². The number of carboxylic acid groups (broad SMARTS) is 1. The van der Waals surface area contributed by atoms with E-state index in [1.807, 2.05) is 30.3 Å². The average Bonchev–Trinajstić information content (AvgIpc) is 3.32. The number of furan rings is 1. The molecule has 6 nitrogen and oxygen atoms in total. The van der Waals surface area contributed by atoms with Crippen LogP contribution in [0.15, 0.2) is 64.1 Å². The molecule has 0 fully saturated rings. The Labute approximate surface area is 169 Å². The van der Waals surface area contributed by atoms with Gasteiger partial charge in [0.05, 0.1) is 20.8 Å². The normalized spacial score (nSPS) is 11.3. The van der Waals surface area contributed by atoms with Crippen molar-refractivity contribution in [1.29, 1.82) is 0 Å². The van der Waals surface area contributed by atoms with Crippen molar-refractivity contribution in [2.75, 3.05) is 5.43 Å². The molecule has 0 radical (unpaired) electrons. The molecule has 4 aromatic rings. The monoisotopic (exact) mass is 411 g/mol. The number of thiazole rings is 1. The zero-order chi connectivity index (χ0) is 19.5. The summed E-state index contributed by atoms with van der Waals surface area (Å²) in [5, 5.41) is 14.3. The molecule has 0 aliphatic carbocycles. The predicted molar refractivity (Wildman–Crippen MR) is 112 cm³/mol. The Balaban J connectivity index is 1.41. The van der Waals surface area contributed by atoms with Gasteiger partial charge in [-0.1, -0.05) is 35.1 Å². The van der Waals surface area contributed by atoms with Crippen molar-refractivity contribution >= 4 is 50.5 Å². The maximum absolute atomic E-state index is 11.2. The standard InChI is InChI=1S/C20H14ClN3O3S/c21-15-7-5-12(11-14(15)19(25)26)17-8-6-13(27-17)9-10-22-24-20-23-16-3-1-2-4-18(16)28-20/h1-8,10-11H,9H2,(H,23,24)(H,25,26). The van der Waals surface area contributed by atoms with Gasteiger partial charge in [-0.15, -0.1) is 0 Å². The second kappa shape index (κ2) is 7.84. The minimum atomic E-state index is -1.08. The Bertz CT molecular complexity index is 1150. The topological polar surface area (TPSA) is 87.7 Å². The molecule has 0 atom stereocenters. The number of hydrogen-bond acceptors (Lipinski definition) is 6. The number of fused-ring (bicyclic) bond motifs is 1. The molecule has 0 aliphatic rings. The molecule has 2 aromatic carbocycles. The zero-order valence-corrected chi connectivity index (χ0v) is 16.0. The van der Waals surface area contributed by atoms with Crippen molar-refractivity contribution in [1.82, 2.24) is 4.98 Å². The third kappa shape index (κ3) is 3.90. The van der Waals surface area contributed by atoms with Crippen LogP contribution in [0.3, 0.4) is 0 Å². The van der Waals surface area contributed by atoms with Crippen molar-refractivity contribution in [2.45, 2.75) is 6.42 Å². The maximum atomic E-state index is 11.2. The van der Waals surface area contributed by atoms with Crippen LogP contribution >= 0.6 is 22.9 Å². The minimum absolute atomic E-state index is 0.0405. The van der Waals surface area contributed by atoms with Crippen molar-refractivity contribution in [3.05, 3.63) is 70.9 Å². The lowest BCUT2D eigenvalue weighted by molar-refractivity contribution is 0.0697. The minimum Gasteiger partial charge on any atom is -0.478 e. The Kier molecular flexibility index (Phi) is 5.10. The second-order valence-corrected chi connectivity index (χ2v) is 7.32. The van der Waals surface area contributed by atoms with Gasteiger partial charge in [0.2, 0.25) is 5.13 Å². The number of para-hydroxylation sites is 1. The molecule has 0 bridgehead atoms. The summed E-state index contributed by atoms with van der Waals surface area (Å²) < 4.78 is 6.87. The molecular weight excluding hydrogens is 398 g/mol. The van der Waals surface area contributed by atoms with Crippen molar-refractivity contribution in [2.24, 2.45) is 5.10 Å². The first-order valence-electron chi connectivity index (χ1n) is 8.35. The number of halogens is 1. The number of aromatic nitrogens is 1. The van der Waals surface area contributed by atoms with Gasteiger partial charge >= 0.3 is 5.97 Å². The van der Waals surface area contributed by atoms with E-state index in [1.165, 1.54) is 17.4 Å². The number of carboxylic acids is 1. The smallest absolute Gasteiger partial charge is 0.337 e. The van der Waals surface area contributed by atoms with Gasteiger partial charge in [-0.2, -0.15) is 5.10 Å². The molecule has 8 heteroatoms. The number of benzene rings is 2. The first kappa shape index (κ1) is 18.2. The summed E-state index contributed by atoms with van der Waals surface area (Å²) in [6.07, 6.45) is 2.18. The highest BCUT2D eigenvalue weighted by Gasteiger charge is 2.12. The average molecular weight is 412 g/mol. The van der Waals surface area contributed by atoms with Crippen molar-refractivity contribution < 1.29 is 14.3 Å². The highest BCUT2D eigenvalue weighted by atomic mass is 35.5. The third-order valence-electron chi connectivity index (χ3n) is 3.98. The Morgan fingerprint density at radius 1 is 1.25 bits per heavy atom. The van der Waals surface area contributed by atoms with Gasteiger partial charge in [-0.05, 0) is 42.5 Å². The fraction of sp³-hybridized carbons (Fsp3) is 0.0500. The lowest BCUT2D eigenvalue weighted by Gasteiger charge is -2.02. The van der Waals surface area contributed by atoms with Crippen LogP contribution in [-0.2, 0) is 6.42 Å². The van der Waals surface area contributed by atoms with Crippen LogP contribution < -0.4 is 5.43 Å². The van der Waals surface area contributed by atoms with Crippen LogP contribution in [0.1, 0.15) is 16.1 Å². The van der Waals surface area contributed by atoms with Gasteiger partial charge in [-0.25, -0.2) is 9.78 Å². The van der Waals surface area contributed by atoms with E-state index in [0.29, 0.717) is 23.5 Å². The number of anilines is 1. The summed E-state index contributed by atoms with van der Waals surface area (Å²) in [5.41, 5.74) is 4.55. The molecule has 2 aromatic heterocycles. The summed E-state index contributed by atoms with van der Waals surface area (Å²) in [7, 11) is 0. The van der Waals surface area contributed by atoms with Gasteiger partial charge in [0.25, 0.3) is 0 Å². The van der Waals surface area contributed by atoms with Crippen molar-refractivity contribution in [3.63, 3.8) is 0 Å². The molecule has 0 saturated heterocycles. The van der Waals surface area contributed by atoms with Gasteiger partial charge < -0.3 is 9.52 Å². The van der Waals surface area contributed by atoms with E-state index < -0.39 is 5.97 Å². The van der Waals surface area contributed by atoms with E-state index in [2.05, 4.69) is 15.5 Å². The summed E-state index contributed by atoms with van der Waals surface area (Å²) in [6, 6.07) is 16.3. The predicted octanol–water partition coefficient (Wildman–Crippen LogP) is 5.55. The van der Waals surface area contributed by atoms with E-state index >= 15 is 0 Å². The molecule has 0 unspecified atom stereocenters. The summed E-state index contributed by atoms with van der Waals surface area (Å²) >= 11 is 7.44. The molecule has 0 saturated carbocycles. The molecule has 0 spiro atoms. The number of nitrogens with one attached hydrogen (secondary N) is 1. The number of rotatable bonds is 6. The summed E-state index contributed by atoms with van der Waals surface area (Å²) in [5.74, 6) is 0.199. The lowest BCUT2D eigenvalue weighted by Crippen LogP contribution is -1.97. The zero-order valence-electron chi connectivity index (χ0n) is 14.4. The molecular formula is C20H14ClN3O3S. The van der Waals surface area contributed by atoms with Crippen LogP contribution in [0, 0.1) is 0 Å². The highest BCUT2D eigenvalue weighted by Crippen LogP contribution is 2.27. The first-order valence-corrected chi connectivity index (χ1v) is 9.54. The molecule has 4 rings (SSSR count). The fourth-order valence-electron chi connectivity index (χ4n) is 2.64. The van der Waals surface area contributed by atoms with Crippen LogP contribution in [0.2, 0.25) is 5.02 Å². The molecule has 0 amide bonds. The fourth-order valence-corrected chi connectivity index (χ4v) is 3.66. The largest absolute Gasteiger partial charge is 0.478 e. The van der Waals surface area contributed by atoms with E-state index in [1.54, 1.807) is 24.4 Å². The van der Waals surface area contributed by atoms with Crippen LogP contribution in [0.25, 0.3) is 21.5 Å². The van der Waals surface area contributed by atoms with Gasteiger partial charge in [0, 0.05) is 18.2 Å². The quantitative estimate of drug-likeness (QED) is 0.321. The molecule has 140 valence electrons. The Hall–Kier alpha value is -3.16. The second-order valence-electron chi connectivity index (χ2n) is 5.88. The molecule has 2 heterocycles. The number of hydrogen-bond donors (Lipinski definition) is 2. The van der Waals surface area contributed by atoms with Crippen LogP contribution in [0.5, 0.6) is 0 Å². The SMILES string of the molecule is O=C(O)c1cc(-c2ccc(CC=NNc3nc4ccccc4s3)o2)ccc1Cl. The first-order chi connectivity index (χ1) is 13.6. The molecule has 0 aliphatic heterocycles. The van der Waals surface area contributed by atoms with Gasteiger partial charge in [0.1, 0.15) is 11.5 Å². The Morgan fingerprint density at radius 3 is 2.93 bits per heavy atom. The summed E-state index contributed by atoms with van der Waals surface area (Å²) in [4.78, 5) is 15.7. The Morgan fingerprint density at radius 2 is 2.11 bits per heavy atom. The summed E-state index contributed by atoms with van der Waals surface area (Å²) in [6.45, 7) is 0. The van der Waals surface area contributed by atoms with E-state index in [9.17, 15) is 9.90 Å². The number of aromatic carboxylic acids is 1. The number of carbonyl (C=O) groups is 1. The van der Waals surface area contributed by atoms with Crippen molar-refractivity contribution in [3.8, 4) is 11.3 Å². The van der Waals surface area contributed by atoms with Gasteiger partial charge in [0.15, 0.2) is 0 Å². The van der Waals surface area contributed by atoms with Gasteiger partial charge in [-0.3, -0.25) is 5.43 Å². The third-order valence-corrected chi connectivity index (χ3v) is 5.25. The lowest BCUT2D eigenvalue weighted by atomic mass is 10.1. The van der Waals surface area contributed by atoms with E-state index in [-0.39, 0.29) is 10.6 Å². The van der Waals surface area contributed by atoms with Crippen LogP contribution in [-0.4, -0.2) is 22.3 Å². The molecule has 2 N–H and O–H groups in total. The van der Waals surface area contributed by atoms with E-state index in [0.717, 1.165) is 15.3 Å². The maximum Gasteiger partial charge on any atom is 0.337 e. The number of hydrazone groups is 1.